The van der Waals surface area contributed by atoms with Crippen LogP contribution in [0.2, 0.25) is 0 Å². The number of nitrogens with zero attached hydrogens (tertiary/aromatic N) is 2. The molecule has 1 N–H and O–H groups in total. The first-order chi connectivity index (χ1) is 11.8. The number of hydrogen-bond donors (Lipinski definition) is 1. The van der Waals surface area contributed by atoms with Crippen molar-refractivity contribution in [3.8, 4) is 0 Å². The first-order valence-corrected chi connectivity index (χ1v) is 9.75. The van der Waals surface area contributed by atoms with Crippen LogP contribution < -0.4 is 5.32 Å². The van der Waals surface area contributed by atoms with Gasteiger partial charge in [-0.1, -0.05) is 32.6 Å². The molecule has 3 unspecified atom stereocenters. The van der Waals surface area contributed by atoms with Gasteiger partial charge in [0, 0.05) is 12.1 Å². The molecule has 2 heterocycles. The van der Waals surface area contributed by atoms with Crippen molar-refractivity contribution >= 4 is 17.8 Å². The van der Waals surface area contributed by atoms with E-state index in [9.17, 15) is 14.4 Å². The summed E-state index contributed by atoms with van der Waals surface area (Å²) < 4.78 is 0. The van der Waals surface area contributed by atoms with Gasteiger partial charge in [-0.3, -0.25) is 14.5 Å². The quantitative estimate of drug-likeness (QED) is 0.566. The molecule has 2 rings (SSSR count). The average Bonchev–Trinajstić information content (AvgIpc) is 2.75. The molecule has 6 heteroatoms. The fourth-order valence-electron chi connectivity index (χ4n) is 4.10. The minimum atomic E-state index is -0.871. The van der Waals surface area contributed by atoms with Gasteiger partial charge >= 0.3 is 6.03 Å². The zero-order valence-corrected chi connectivity index (χ0v) is 16.1. The standard InChI is InChI=1S/C19H33N3O3/c1-5-6-7-8-12-19(4)17(24)21(18(25)20-19)13-16(23)22-14(2)10-9-11-15(22)3/h14-15H,5-13H2,1-4H3,(H,20,25). The number of amides is 4. The van der Waals surface area contributed by atoms with Gasteiger partial charge in [0.05, 0.1) is 0 Å². The Morgan fingerprint density at radius 2 is 1.80 bits per heavy atom. The van der Waals surface area contributed by atoms with Crippen LogP contribution in [0.3, 0.4) is 0 Å². The number of imide groups is 1. The van der Waals surface area contributed by atoms with Crippen LogP contribution in [0.25, 0.3) is 0 Å². The fourth-order valence-corrected chi connectivity index (χ4v) is 4.10. The summed E-state index contributed by atoms with van der Waals surface area (Å²) in [7, 11) is 0. The van der Waals surface area contributed by atoms with Crippen molar-refractivity contribution in [3.05, 3.63) is 0 Å². The maximum Gasteiger partial charge on any atom is 0.325 e. The van der Waals surface area contributed by atoms with Crippen molar-refractivity contribution < 1.29 is 14.4 Å². The van der Waals surface area contributed by atoms with Gasteiger partial charge in [-0.05, 0) is 46.5 Å². The number of carbonyl (C=O) groups is 3. The average molecular weight is 351 g/mol. The third-order valence-electron chi connectivity index (χ3n) is 5.65. The summed E-state index contributed by atoms with van der Waals surface area (Å²) >= 11 is 0. The van der Waals surface area contributed by atoms with Crippen molar-refractivity contribution in [2.75, 3.05) is 6.54 Å². The normalized spacial score (nSPS) is 29.9. The van der Waals surface area contributed by atoms with Crippen molar-refractivity contribution in [1.29, 1.82) is 0 Å². The van der Waals surface area contributed by atoms with E-state index in [0.29, 0.717) is 6.42 Å². The molecular formula is C19H33N3O3. The van der Waals surface area contributed by atoms with Crippen LogP contribution in [0.15, 0.2) is 0 Å². The van der Waals surface area contributed by atoms with Crippen LogP contribution in [0.5, 0.6) is 0 Å². The third kappa shape index (κ3) is 4.33. The molecule has 0 radical (unpaired) electrons. The summed E-state index contributed by atoms with van der Waals surface area (Å²) in [6.45, 7) is 7.84. The highest BCUT2D eigenvalue weighted by Crippen LogP contribution is 2.26. The lowest BCUT2D eigenvalue weighted by atomic mass is 9.94. The molecule has 2 aliphatic rings. The fraction of sp³-hybridized carbons (Fsp3) is 0.842. The Morgan fingerprint density at radius 3 is 2.40 bits per heavy atom. The lowest BCUT2D eigenvalue weighted by Gasteiger charge is -2.39. The van der Waals surface area contributed by atoms with E-state index in [-0.39, 0.29) is 30.4 Å². The van der Waals surface area contributed by atoms with Crippen LogP contribution in [0.1, 0.15) is 79.1 Å². The monoisotopic (exact) mass is 351 g/mol. The molecule has 25 heavy (non-hydrogen) atoms. The van der Waals surface area contributed by atoms with Crippen LogP contribution in [-0.2, 0) is 9.59 Å². The van der Waals surface area contributed by atoms with E-state index in [0.717, 1.165) is 49.8 Å². The summed E-state index contributed by atoms with van der Waals surface area (Å²) in [6.07, 6.45) is 7.91. The summed E-state index contributed by atoms with van der Waals surface area (Å²) in [6, 6.07) is -0.108. The topological polar surface area (TPSA) is 69.7 Å². The Kier molecular flexibility index (Phi) is 6.47. The van der Waals surface area contributed by atoms with E-state index < -0.39 is 11.6 Å². The SMILES string of the molecule is CCCCCCC1(C)NC(=O)N(CC(=O)N2C(C)CCCC2C)C1=O. The number of hydrogen-bond acceptors (Lipinski definition) is 3. The first-order valence-electron chi connectivity index (χ1n) is 9.75. The highest BCUT2D eigenvalue weighted by atomic mass is 16.2. The maximum absolute atomic E-state index is 12.8. The van der Waals surface area contributed by atoms with Crippen molar-refractivity contribution in [2.24, 2.45) is 0 Å². The molecule has 3 atom stereocenters. The van der Waals surface area contributed by atoms with Crippen LogP contribution in [-0.4, -0.2) is 51.8 Å². The molecule has 0 aliphatic carbocycles. The molecule has 0 saturated carbocycles. The Bertz CT molecular complexity index is 512. The molecule has 0 aromatic carbocycles. The van der Waals surface area contributed by atoms with E-state index >= 15 is 0 Å². The molecular weight excluding hydrogens is 318 g/mol. The number of carbonyl (C=O) groups excluding carboxylic acids is 3. The maximum atomic E-state index is 12.8. The number of rotatable bonds is 7. The van der Waals surface area contributed by atoms with Crippen LogP contribution >= 0.6 is 0 Å². The highest BCUT2D eigenvalue weighted by Gasteiger charge is 2.48. The van der Waals surface area contributed by atoms with Gasteiger partial charge in [0.1, 0.15) is 12.1 Å². The highest BCUT2D eigenvalue weighted by molar-refractivity contribution is 6.08. The van der Waals surface area contributed by atoms with Crippen LogP contribution in [0.4, 0.5) is 4.79 Å². The predicted octanol–water partition coefficient (Wildman–Crippen LogP) is 3.06. The van der Waals surface area contributed by atoms with Crippen molar-refractivity contribution in [1.82, 2.24) is 15.1 Å². The minimum absolute atomic E-state index is 0.126. The van der Waals surface area contributed by atoms with E-state index in [1.54, 1.807) is 6.92 Å². The number of likely N-dealkylation sites (tertiary alicyclic amines) is 1. The molecule has 2 fully saturated rings. The Morgan fingerprint density at radius 1 is 1.16 bits per heavy atom. The van der Waals surface area contributed by atoms with Gasteiger partial charge in [0.15, 0.2) is 0 Å². The summed E-state index contributed by atoms with van der Waals surface area (Å²) in [5.41, 5.74) is -0.871. The van der Waals surface area contributed by atoms with Gasteiger partial charge < -0.3 is 10.2 Å². The molecule has 2 saturated heterocycles. The van der Waals surface area contributed by atoms with Crippen molar-refractivity contribution in [3.63, 3.8) is 0 Å². The lowest BCUT2D eigenvalue weighted by Crippen LogP contribution is -2.52. The van der Waals surface area contributed by atoms with Gasteiger partial charge in [-0.25, -0.2) is 4.79 Å². The van der Waals surface area contributed by atoms with E-state index in [1.807, 2.05) is 18.7 Å². The Hall–Kier alpha value is -1.59. The number of urea groups is 1. The number of unbranched alkanes of at least 4 members (excludes halogenated alkanes) is 3. The largest absolute Gasteiger partial charge is 0.336 e. The van der Waals surface area contributed by atoms with E-state index in [4.69, 9.17) is 0 Å². The second kappa shape index (κ2) is 8.19. The Labute approximate surface area is 151 Å². The second-order valence-electron chi connectivity index (χ2n) is 7.89. The summed E-state index contributed by atoms with van der Waals surface area (Å²) in [5, 5.41) is 2.80. The van der Waals surface area contributed by atoms with Gasteiger partial charge in [0.2, 0.25) is 5.91 Å². The molecule has 0 bridgehead atoms. The summed E-state index contributed by atoms with van der Waals surface area (Å²) in [5.74, 6) is -0.391. The molecule has 2 aliphatic heterocycles. The molecule has 6 nitrogen and oxygen atoms in total. The second-order valence-corrected chi connectivity index (χ2v) is 7.89. The minimum Gasteiger partial charge on any atom is -0.336 e. The third-order valence-corrected chi connectivity index (χ3v) is 5.65. The van der Waals surface area contributed by atoms with E-state index in [1.165, 1.54) is 0 Å². The van der Waals surface area contributed by atoms with Crippen LogP contribution in [0, 0.1) is 0 Å². The molecule has 0 aromatic rings. The molecule has 4 amide bonds. The van der Waals surface area contributed by atoms with Crippen molar-refractivity contribution in [2.45, 2.75) is 96.7 Å². The first kappa shape index (κ1) is 19.7. The lowest BCUT2D eigenvalue weighted by molar-refractivity contribution is -0.142. The molecule has 0 spiro atoms. The molecule has 0 aromatic heterocycles. The van der Waals surface area contributed by atoms with Gasteiger partial charge in [-0.2, -0.15) is 0 Å². The number of nitrogens with one attached hydrogen (secondary N) is 1. The Balaban J connectivity index is 1.98. The predicted molar refractivity (Wildman–Crippen MR) is 97.0 cm³/mol. The zero-order chi connectivity index (χ0) is 18.6. The smallest absolute Gasteiger partial charge is 0.325 e. The van der Waals surface area contributed by atoms with E-state index in [2.05, 4.69) is 12.2 Å². The van der Waals surface area contributed by atoms with Gasteiger partial charge in [-0.15, -0.1) is 0 Å². The number of piperidine rings is 1. The van der Waals surface area contributed by atoms with Gasteiger partial charge in [0.25, 0.3) is 5.91 Å². The zero-order valence-electron chi connectivity index (χ0n) is 16.1. The molecule has 142 valence electrons. The summed E-state index contributed by atoms with van der Waals surface area (Å²) in [4.78, 5) is 40.7.